The average Bonchev–Trinajstić information content (AvgIpc) is 2.38. The molecule has 2 rings (SSSR count). The number of nitrogens with two attached hydrogens (primary N) is 1. The molecule has 0 radical (unpaired) electrons. The Hall–Kier alpha value is -1.40. The van der Waals surface area contributed by atoms with E-state index in [0.717, 1.165) is 19.4 Å². The number of anilines is 1. The smallest absolute Gasteiger partial charge is 0.240 e. The molecular formula is C10H16N4O2. The van der Waals surface area contributed by atoms with Gasteiger partial charge in [0.15, 0.2) is 0 Å². The summed E-state index contributed by atoms with van der Waals surface area (Å²) in [5.41, 5.74) is 2.37. The van der Waals surface area contributed by atoms with E-state index in [1.165, 1.54) is 6.42 Å². The largest absolute Gasteiger partial charge is 0.475 e. The van der Waals surface area contributed by atoms with Crippen molar-refractivity contribution >= 4 is 5.95 Å². The van der Waals surface area contributed by atoms with Crippen LogP contribution in [0.3, 0.4) is 0 Å². The summed E-state index contributed by atoms with van der Waals surface area (Å²) in [6, 6.07) is 1.70. The molecule has 0 spiro atoms. The third kappa shape index (κ3) is 3.04. The summed E-state index contributed by atoms with van der Waals surface area (Å²) in [5.74, 6) is 6.06. The number of hydrogen-bond acceptors (Lipinski definition) is 6. The number of ether oxygens (including phenoxy) is 2. The maximum absolute atomic E-state index is 5.55. The molecule has 16 heavy (non-hydrogen) atoms. The van der Waals surface area contributed by atoms with Gasteiger partial charge in [0.2, 0.25) is 11.8 Å². The van der Waals surface area contributed by atoms with E-state index in [1.54, 1.807) is 12.3 Å². The maximum Gasteiger partial charge on any atom is 0.240 e. The molecule has 6 nitrogen and oxygen atoms in total. The Balaban J connectivity index is 1.83. The van der Waals surface area contributed by atoms with Crippen LogP contribution in [0.4, 0.5) is 5.95 Å². The number of nitrogens with zero attached hydrogens (tertiary/aromatic N) is 2. The second-order valence-electron chi connectivity index (χ2n) is 3.66. The first-order valence-corrected chi connectivity index (χ1v) is 5.42. The Bertz CT molecular complexity index is 328. The fourth-order valence-electron chi connectivity index (χ4n) is 1.61. The molecule has 1 atom stereocenters. The van der Waals surface area contributed by atoms with E-state index >= 15 is 0 Å². The van der Waals surface area contributed by atoms with Gasteiger partial charge in [-0.2, -0.15) is 4.98 Å². The summed E-state index contributed by atoms with van der Waals surface area (Å²) in [4.78, 5) is 7.94. The van der Waals surface area contributed by atoms with Crippen LogP contribution in [-0.2, 0) is 4.74 Å². The average molecular weight is 224 g/mol. The predicted octanol–water partition coefficient (Wildman–Crippen LogP) is 0.710. The summed E-state index contributed by atoms with van der Waals surface area (Å²) in [6.45, 7) is 1.36. The molecule has 1 fully saturated rings. The van der Waals surface area contributed by atoms with Crippen molar-refractivity contribution in [2.24, 2.45) is 5.84 Å². The van der Waals surface area contributed by atoms with Crippen LogP contribution in [0.15, 0.2) is 12.3 Å². The van der Waals surface area contributed by atoms with Crippen LogP contribution in [0.25, 0.3) is 0 Å². The SMILES string of the molecule is NNc1nccc(OCC2CCCCO2)n1. The van der Waals surface area contributed by atoms with Crippen molar-refractivity contribution in [3.8, 4) is 5.88 Å². The number of aromatic nitrogens is 2. The van der Waals surface area contributed by atoms with Crippen LogP contribution in [-0.4, -0.2) is 29.3 Å². The lowest BCUT2D eigenvalue weighted by atomic mass is 10.1. The standard InChI is InChI=1S/C10H16N4O2/c11-14-10-12-5-4-9(13-10)16-7-8-3-1-2-6-15-8/h4-5,8H,1-3,6-7,11H2,(H,12,13,14). The van der Waals surface area contributed by atoms with Gasteiger partial charge in [0.05, 0.1) is 6.10 Å². The molecule has 6 heteroatoms. The topological polar surface area (TPSA) is 82.3 Å². The summed E-state index contributed by atoms with van der Waals surface area (Å²) >= 11 is 0. The third-order valence-electron chi connectivity index (χ3n) is 2.45. The van der Waals surface area contributed by atoms with Crippen LogP contribution in [0.1, 0.15) is 19.3 Å². The molecule has 2 heterocycles. The highest BCUT2D eigenvalue weighted by Crippen LogP contribution is 2.14. The Morgan fingerprint density at radius 3 is 3.25 bits per heavy atom. The number of hydrazine groups is 1. The van der Waals surface area contributed by atoms with Crippen molar-refractivity contribution in [2.45, 2.75) is 25.4 Å². The summed E-state index contributed by atoms with van der Waals surface area (Å²) in [7, 11) is 0. The van der Waals surface area contributed by atoms with E-state index in [2.05, 4.69) is 15.4 Å². The molecule has 1 aromatic heterocycles. The molecule has 1 saturated heterocycles. The van der Waals surface area contributed by atoms with Crippen molar-refractivity contribution in [3.63, 3.8) is 0 Å². The van der Waals surface area contributed by atoms with Crippen molar-refractivity contribution in [1.29, 1.82) is 0 Å². The van der Waals surface area contributed by atoms with Gasteiger partial charge in [-0.1, -0.05) is 0 Å². The second kappa shape index (κ2) is 5.62. The van der Waals surface area contributed by atoms with E-state index in [9.17, 15) is 0 Å². The Morgan fingerprint density at radius 2 is 2.50 bits per heavy atom. The zero-order valence-electron chi connectivity index (χ0n) is 9.06. The number of nitrogens with one attached hydrogen (secondary N) is 1. The van der Waals surface area contributed by atoms with Crippen LogP contribution >= 0.6 is 0 Å². The first-order chi connectivity index (χ1) is 7.88. The molecule has 0 amide bonds. The van der Waals surface area contributed by atoms with Gasteiger partial charge >= 0.3 is 0 Å². The van der Waals surface area contributed by atoms with Gasteiger partial charge in [-0.15, -0.1) is 0 Å². The molecule has 0 aliphatic carbocycles. The van der Waals surface area contributed by atoms with Gasteiger partial charge in [0.1, 0.15) is 6.61 Å². The van der Waals surface area contributed by atoms with Gasteiger partial charge in [-0.3, -0.25) is 5.43 Å². The third-order valence-corrected chi connectivity index (χ3v) is 2.45. The van der Waals surface area contributed by atoms with E-state index in [4.69, 9.17) is 15.3 Å². The van der Waals surface area contributed by atoms with Crippen molar-refractivity contribution in [3.05, 3.63) is 12.3 Å². The van der Waals surface area contributed by atoms with Crippen LogP contribution < -0.4 is 16.0 Å². The molecule has 88 valence electrons. The van der Waals surface area contributed by atoms with Crippen molar-refractivity contribution < 1.29 is 9.47 Å². The normalized spacial score (nSPS) is 20.4. The molecule has 1 aliphatic rings. The maximum atomic E-state index is 5.55. The zero-order chi connectivity index (χ0) is 11.2. The van der Waals surface area contributed by atoms with E-state index in [0.29, 0.717) is 18.4 Å². The molecule has 3 N–H and O–H groups in total. The fourth-order valence-corrected chi connectivity index (χ4v) is 1.61. The Labute approximate surface area is 94.1 Å². The van der Waals surface area contributed by atoms with E-state index in [-0.39, 0.29) is 6.10 Å². The molecular weight excluding hydrogens is 208 g/mol. The van der Waals surface area contributed by atoms with Crippen LogP contribution in [0.2, 0.25) is 0 Å². The van der Waals surface area contributed by atoms with Crippen molar-refractivity contribution in [2.75, 3.05) is 18.6 Å². The highest BCUT2D eigenvalue weighted by atomic mass is 16.5. The molecule has 1 aromatic rings. The lowest BCUT2D eigenvalue weighted by molar-refractivity contribution is -0.0119. The summed E-state index contributed by atoms with van der Waals surface area (Å²) < 4.78 is 11.1. The fraction of sp³-hybridized carbons (Fsp3) is 0.600. The summed E-state index contributed by atoms with van der Waals surface area (Å²) in [5, 5.41) is 0. The van der Waals surface area contributed by atoms with Gasteiger partial charge in [0.25, 0.3) is 0 Å². The zero-order valence-corrected chi connectivity index (χ0v) is 9.06. The predicted molar refractivity (Wildman–Crippen MR) is 58.9 cm³/mol. The molecule has 0 bridgehead atoms. The lowest BCUT2D eigenvalue weighted by Gasteiger charge is -2.22. The van der Waals surface area contributed by atoms with Gasteiger partial charge in [-0.05, 0) is 19.3 Å². The van der Waals surface area contributed by atoms with Gasteiger partial charge in [-0.25, -0.2) is 10.8 Å². The van der Waals surface area contributed by atoms with Crippen molar-refractivity contribution in [1.82, 2.24) is 9.97 Å². The monoisotopic (exact) mass is 224 g/mol. The van der Waals surface area contributed by atoms with Crippen LogP contribution in [0.5, 0.6) is 5.88 Å². The Morgan fingerprint density at radius 1 is 1.56 bits per heavy atom. The lowest BCUT2D eigenvalue weighted by Crippen LogP contribution is -2.26. The minimum atomic E-state index is 0.179. The van der Waals surface area contributed by atoms with E-state index < -0.39 is 0 Å². The first kappa shape index (κ1) is 11.1. The van der Waals surface area contributed by atoms with Gasteiger partial charge < -0.3 is 9.47 Å². The molecule has 1 aliphatic heterocycles. The molecule has 1 unspecified atom stereocenters. The minimum Gasteiger partial charge on any atom is -0.475 e. The number of rotatable bonds is 4. The Kier molecular flexibility index (Phi) is 3.90. The summed E-state index contributed by atoms with van der Waals surface area (Å²) in [6.07, 6.45) is 5.17. The second-order valence-corrected chi connectivity index (χ2v) is 3.66. The molecule has 0 aromatic carbocycles. The number of hydrogen-bond donors (Lipinski definition) is 2. The molecule has 0 saturated carbocycles. The first-order valence-electron chi connectivity index (χ1n) is 5.42. The highest BCUT2D eigenvalue weighted by molar-refractivity contribution is 5.25. The van der Waals surface area contributed by atoms with E-state index in [1.807, 2.05) is 0 Å². The number of nitrogen functional groups attached to an aromatic ring is 1. The van der Waals surface area contributed by atoms with Gasteiger partial charge in [0, 0.05) is 18.9 Å². The minimum absolute atomic E-state index is 0.179. The quantitative estimate of drug-likeness (QED) is 0.579. The highest BCUT2D eigenvalue weighted by Gasteiger charge is 2.14. The van der Waals surface area contributed by atoms with Crippen LogP contribution in [0, 0.1) is 0 Å².